The number of nitro groups is 1. The molecule has 2 N–H and O–H groups in total. The van der Waals surface area contributed by atoms with E-state index in [1.54, 1.807) is 23.5 Å². The summed E-state index contributed by atoms with van der Waals surface area (Å²) >= 11 is 1.67. The lowest BCUT2D eigenvalue weighted by Gasteiger charge is -2.36. The molecule has 1 amide bonds. The van der Waals surface area contributed by atoms with Crippen LogP contribution in [0.5, 0.6) is 0 Å². The number of carbonyl (C=O) groups excluding carboxylic acids is 1. The van der Waals surface area contributed by atoms with Gasteiger partial charge in [-0.15, -0.1) is 11.3 Å². The number of hydrogen-bond donors (Lipinski definition) is 2. The molecule has 0 saturated heterocycles. The predicted octanol–water partition coefficient (Wildman–Crippen LogP) is 5.05. The Morgan fingerprint density at radius 2 is 2.11 bits per heavy atom. The molecule has 1 aliphatic heterocycles. The lowest BCUT2D eigenvalue weighted by Crippen LogP contribution is -2.38. The van der Waals surface area contributed by atoms with Gasteiger partial charge in [0, 0.05) is 22.6 Å². The number of amides is 1. The van der Waals surface area contributed by atoms with Crippen molar-refractivity contribution in [2.45, 2.75) is 52.6 Å². The molecule has 0 bridgehead atoms. The van der Waals surface area contributed by atoms with Gasteiger partial charge in [-0.2, -0.15) is 0 Å². The first-order chi connectivity index (χ1) is 13.3. The molecular weight excluding hydrogens is 374 g/mol. The quantitative estimate of drug-likeness (QED) is 0.556. The van der Waals surface area contributed by atoms with Gasteiger partial charge >= 0.3 is 0 Å². The molecule has 6 nitrogen and oxygen atoms in total. The molecule has 2 heterocycles. The van der Waals surface area contributed by atoms with E-state index in [1.165, 1.54) is 22.6 Å². The van der Waals surface area contributed by atoms with Crippen LogP contribution in [-0.2, 0) is 12.8 Å². The minimum Gasteiger partial charge on any atom is -0.353 e. The Bertz CT molecular complexity index is 950. The largest absolute Gasteiger partial charge is 0.353 e. The highest BCUT2D eigenvalue weighted by atomic mass is 32.1. The smallest absolute Gasteiger partial charge is 0.269 e. The molecule has 0 unspecified atom stereocenters. The van der Waals surface area contributed by atoms with Gasteiger partial charge in [0.25, 0.3) is 11.6 Å². The summed E-state index contributed by atoms with van der Waals surface area (Å²) in [4.78, 5) is 24.8. The van der Waals surface area contributed by atoms with E-state index in [-0.39, 0.29) is 11.6 Å². The van der Waals surface area contributed by atoms with Crippen molar-refractivity contribution in [1.82, 2.24) is 5.32 Å². The van der Waals surface area contributed by atoms with Crippen molar-refractivity contribution >= 4 is 27.9 Å². The molecule has 4 rings (SSSR count). The van der Waals surface area contributed by atoms with Crippen molar-refractivity contribution in [2.75, 3.05) is 5.32 Å². The lowest BCUT2D eigenvalue weighted by atomic mass is 9.69. The van der Waals surface area contributed by atoms with E-state index in [9.17, 15) is 14.9 Å². The normalized spacial score (nSPS) is 21.3. The van der Waals surface area contributed by atoms with Crippen LogP contribution in [0.15, 0.2) is 24.3 Å². The van der Waals surface area contributed by atoms with E-state index >= 15 is 0 Å². The van der Waals surface area contributed by atoms with E-state index in [0.29, 0.717) is 16.9 Å². The zero-order chi connectivity index (χ0) is 20.1. The number of thiophene rings is 1. The van der Waals surface area contributed by atoms with Crippen LogP contribution in [0.3, 0.4) is 0 Å². The molecule has 1 aromatic carbocycles. The van der Waals surface area contributed by atoms with E-state index < -0.39 is 11.1 Å². The van der Waals surface area contributed by atoms with Crippen molar-refractivity contribution in [2.24, 2.45) is 11.3 Å². The number of hydrogen-bond acceptors (Lipinski definition) is 5. The Hall–Kier alpha value is -2.41. The van der Waals surface area contributed by atoms with Crippen molar-refractivity contribution in [3.63, 3.8) is 0 Å². The molecule has 1 aliphatic carbocycles. The number of nitrogens with one attached hydrogen (secondary N) is 2. The number of nitrogens with zero attached hydrogens (tertiary/aromatic N) is 1. The maximum absolute atomic E-state index is 12.9. The van der Waals surface area contributed by atoms with Gasteiger partial charge in [0.15, 0.2) is 0 Å². The Morgan fingerprint density at radius 3 is 2.82 bits per heavy atom. The summed E-state index contributed by atoms with van der Waals surface area (Å²) in [5, 5.41) is 18.3. The Balaban J connectivity index is 1.63. The average molecular weight is 400 g/mol. The Labute approximate surface area is 168 Å². The topological polar surface area (TPSA) is 84.3 Å². The minimum absolute atomic E-state index is 0.0226. The van der Waals surface area contributed by atoms with Crippen LogP contribution >= 0.6 is 11.3 Å². The highest BCUT2D eigenvalue weighted by Gasteiger charge is 2.37. The fourth-order valence-corrected chi connectivity index (χ4v) is 5.59. The summed E-state index contributed by atoms with van der Waals surface area (Å²) in [5.74, 6) is 0.539. The van der Waals surface area contributed by atoms with Gasteiger partial charge in [0.1, 0.15) is 11.2 Å². The molecule has 0 radical (unpaired) electrons. The Kier molecular flexibility index (Phi) is 4.65. The molecule has 2 atom stereocenters. The van der Waals surface area contributed by atoms with Gasteiger partial charge in [0.2, 0.25) is 0 Å². The second-order valence-electron chi connectivity index (χ2n) is 8.39. The number of benzene rings is 1. The third kappa shape index (κ3) is 3.17. The van der Waals surface area contributed by atoms with Crippen LogP contribution < -0.4 is 10.6 Å². The van der Waals surface area contributed by atoms with Gasteiger partial charge < -0.3 is 10.6 Å². The number of nitro benzene ring substituents is 1. The van der Waals surface area contributed by atoms with Crippen molar-refractivity contribution < 1.29 is 9.72 Å². The fourth-order valence-electron chi connectivity index (χ4n) is 4.24. The number of carbonyl (C=O) groups is 1. The van der Waals surface area contributed by atoms with Crippen LogP contribution in [0.1, 0.15) is 66.1 Å². The van der Waals surface area contributed by atoms with Crippen LogP contribution in [0, 0.1) is 21.4 Å². The summed E-state index contributed by atoms with van der Waals surface area (Å²) in [6, 6.07) is 6.41. The molecule has 2 aromatic rings. The van der Waals surface area contributed by atoms with Crippen molar-refractivity contribution in [3.8, 4) is 0 Å². The van der Waals surface area contributed by atoms with Crippen LogP contribution in [0.4, 0.5) is 10.7 Å². The first-order valence-electron chi connectivity index (χ1n) is 9.76. The van der Waals surface area contributed by atoms with Gasteiger partial charge in [-0.25, -0.2) is 0 Å². The molecule has 148 valence electrons. The standard InChI is InChI=1S/C21H25N3O3S/c1-4-21(2,3)13-8-9-15-16(11-13)28-20-17(15)19(25)22-18(23-20)12-6-5-7-14(10-12)24(26)27/h5-7,10,13,18,23H,4,8-9,11H2,1-3H3,(H,22,25)/t13-,18-/m0/s1. The van der Waals surface area contributed by atoms with Crippen molar-refractivity contribution in [3.05, 3.63) is 55.9 Å². The third-order valence-electron chi connectivity index (χ3n) is 6.47. The van der Waals surface area contributed by atoms with Gasteiger partial charge in [-0.05, 0) is 36.2 Å². The second kappa shape index (κ2) is 6.88. The third-order valence-corrected chi connectivity index (χ3v) is 7.66. The molecule has 7 heteroatoms. The van der Waals surface area contributed by atoms with Crippen LogP contribution in [-0.4, -0.2) is 10.8 Å². The maximum Gasteiger partial charge on any atom is 0.269 e. The first-order valence-corrected chi connectivity index (χ1v) is 10.6. The van der Waals surface area contributed by atoms with E-state index in [1.807, 2.05) is 0 Å². The van der Waals surface area contributed by atoms with Crippen LogP contribution in [0.2, 0.25) is 0 Å². The average Bonchev–Trinajstić information content (AvgIpc) is 3.06. The molecule has 0 fully saturated rings. The zero-order valence-electron chi connectivity index (χ0n) is 16.4. The first kappa shape index (κ1) is 18.9. The molecule has 0 saturated carbocycles. The zero-order valence-corrected chi connectivity index (χ0v) is 17.2. The molecule has 28 heavy (non-hydrogen) atoms. The Morgan fingerprint density at radius 1 is 1.32 bits per heavy atom. The van der Waals surface area contributed by atoms with Gasteiger partial charge in [-0.3, -0.25) is 14.9 Å². The maximum atomic E-state index is 12.9. The fraction of sp³-hybridized carbons (Fsp3) is 0.476. The highest BCUT2D eigenvalue weighted by molar-refractivity contribution is 7.16. The SMILES string of the molecule is CCC(C)(C)[C@H]1CCc2c(sc3c2C(=O)N[C@H](c2cccc([N+](=O)[O-])c2)N3)C1. The van der Waals surface area contributed by atoms with Gasteiger partial charge in [-0.1, -0.05) is 39.3 Å². The summed E-state index contributed by atoms with van der Waals surface area (Å²) in [6.07, 6.45) is 3.75. The van der Waals surface area contributed by atoms with E-state index in [0.717, 1.165) is 36.2 Å². The number of fused-ring (bicyclic) bond motifs is 3. The molecule has 0 spiro atoms. The molecule has 1 aromatic heterocycles. The lowest BCUT2D eigenvalue weighted by molar-refractivity contribution is -0.384. The number of non-ortho nitro benzene ring substituents is 1. The second-order valence-corrected chi connectivity index (χ2v) is 9.50. The van der Waals surface area contributed by atoms with E-state index in [2.05, 4.69) is 31.4 Å². The molecular formula is C21H25N3O3S. The van der Waals surface area contributed by atoms with Crippen LogP contribution in [0.25, 0.3) is 0 Å². The summed E-state index contributed by atoms with van der Waals surface area (Å²) < 4.78 is 0. The number of rotatable bonds is 4. The predicted molar refractivity (Wildman–Crippen MR) is 111 cm³/mol. The monoisotopic (exact) mass is 399 g/mol. The van der Waals surface area contributed by atoms with E-state index in [4.69, 9.17) is 0 Å². The molecule has 2 aliphatic rings. The summed E-state index contributed by atoms with van der Waals surface area (Å²) in [5.41, 5.74) is 2.96. The van der Waals surface area contributed by atoms with Gasteiger partial charge in [0.05, 0.1) is 10.5 Å². The highest BCUT2D eigenvalue weighted by Crippen LogP contribution is 2.47. The number of anilines is 1. The summed E-state index contributed by atoms with van der Waals surface area (Å²) in [7, 11) is 0. The van der Waals surface area contributed by atoms with Crippen molar-refractivity contribution in [1.29, 1.82) is 0 Å². The minimum atomic E-state index is -0.456. The summed E-state index contributed by atoms with van der Waals surface area (Å²) in [6.45, 7) is 6.91.